The number of hydrogen-bond acceptors (Lipinski definition) is 5. The van der Waals surface area contributed by atoms with Gasteiger partial charge in [-0.3, -0.25) is 9.48 Å². The maximum atomic E-state index is 13.1. The molecule has 1 fully saturated rings. The van der Waals surface area contributed by atoms with Gasteiger partial charge < -0.3 is 19.1 Å². The van der Waals surface area contributed by atoms with Crippen molar-refractivity contribution in [3.63, 3.8) is 0 Å². The summed E-state index contributed by atoms with van der Waals surface area (Å²) in [7, 11) is 3.26. The Morgan fingerprint density at radius 1 is 1.15 bits per heavy atom. The van der Waals surface area contributed by atoms with Gasteiger partial charge in [0, 0.05) is 49.7 Å². The van der Waals surface area contributed by atoms with Crippen LogP contribution in [0.2, 0.25) is 0 Å². The Kier molecular flexibility index (Phi) is 5.19. The average molecular weight is 455 g/mol. The van der Waals surface area contributed by atoms with Crippen LogP contribution in [0.1, 0.15) is 28.8 Å². The summed E-state index contributed by atoms with van der Waals surface area (Å²) in [6, 6.07) is 12.1. The highest BCUT2D eigenvalue weighted by Crippen LogP contribution is 2.49. The first-order valence-electron chi connectivity index (χ1n) is 10.6. The number of amides is 1. The number of carbonyl (C=O) groups is 1. The van der Waals surface area contributed by atoms with Crippen LogP contribution in [-0.4, -0.2) is 47.4 Å². The molecule has 0 radical (unpaired) electrons. The fraction of sp³-hybridized carbons (Fsp3) is 0.333. The van der Waals surface area contributed by atoms with Gasteiger partial charge in [0.2, 0.25) is 0 Å². The minimum absolute atomic E-state index is 0.0850. The highest BCUT2D eigenvalue weighted by Gasteiger charge is 2.45. The van der Waals surface area contributed by atoms with E-state index in [-0.39, 0.29) is 17.4 Å². The van der Waals surface area contributed by atoms with Crippen molar-refractivity contribution in [2.75, 3.05) is 20.2 Å². The van der Waals surface area contributed by atoms with E-state index < -0.39 is 12.2 Å². The molecule has 0 atom stereocenters. The molecule has 2 aromatic carbocycles. The van der Waals surface area contributed by atoms with E-state index in [4.69, 9.17) is 9.47 Å². The van der Waals surface area contributed by atoms with Crippen LogP contribution >= 0.6 is 0 Å². The number of ether oxygens (including phenoxy) is 3. The van der Waals surface area contributed by atoms with Crippen molar-refractivity contribution in [3.05, 3.63) is 59.8 Å². The van der Waals surface area contributed by atoms with E-state index in [9.17, 15) is 13.6 Å². The van der Waals surface area contributed by atoms with Crippen LogP contribution in [0.3, 0.4) is 0 Å². The minimum atomic E-state index is -2.98. The maximum absolute atomic E-state index is 13.1. The number of para-hydroxylation sites is 1. The summed E-state index contributed by atoms with van der Waals surface area (Å²) in [5.74, 6) is 0.587. The fourth-order valence-electron chi connectivity index (χ4n) is 4.73. The molecule has 1 saturated heterocycles. The molecule has 0 saturated carbocycles. The van der Waals surface area contributed by atoms with Crippen LogP contribution in [0.4, 0.5) is 8.78 Å². The highest BCUT2D eigenvalue weighted by atomic mass is 19.3. The number of aryl methyl sites for hydroxylation is 1. The zero-order valence-corrected chi connectivity index (χ0v) is 18.3. The molecule has 33 heavy (non-hydrogen) atoms. The molecular formula is C24H23F2N3O4. The van der Waals surface area contributed by atoms with Crippen LogP contribution in [0.5, 0.6) is 17.2 Å². The average Bonchev–Trinajstić information content (AvgIpc) is 3.22. The standard InChI is InChI=1S/C24H23F2N3O4/c1-28-21-16-5-3-4-6-18(16)33-24(17(21)14-27-28)9-11-29(12-10-24)22(30)15-7-8-19(32-23(25)26)20(13-15)31-2/h3-8,13-14,23H,9-12H2,1-2H3. The first-order chi connectivity index (χ1) is 15.9. The molecule has 5 rings (SSSR count). The monoisotopic (exact) mass is 455 g/mol. The molecule has 172 valence electrons. The number of alkyl halides is 2. The second kappa shape index (κ2) is 8.06. The highest BCUT2D eigenvalue weighted by molar-refractivity contribution is 5.95. The third-order valence-corrected chi connectivity index (χ3v) is 6.36. The Morgan fingerprint density at radius 2 is 1.91 bits per heavy atom. The number of likely N-dealkylation sites (tertiary alicyclic amines) is 1. The molecule has 1 aromatic heterocycles. The number of hydrogen-bond donors (Lipinski definition) is 0. The van der Waals surface area contributed by atoms with Gasteiger partial charge >= 0.3 is 6.61 Å². The Morgan fingerprint density at radius 3 is 2.64 bits per heavy atom. The van der Waals surface area contributed by atoms with Crippen LogP contribution in [-0.2, 0) is 12.6 Å². The molecule has 7 nitrogen and oxygen atoms in total. The number of methoxy groups -OCH3 is 1. The maximum Gasteiger partial charge on any atom is 0.387 e. The molecule has 1 amide bonds. The Bertz CT molecular complexity index is 1200. The SMILES string of the molecule is COc1cc(C(=O)N2CCC3(CC2)Oc2ccccc2-c2c3cnn2C)ccc1OC(F)F. The van der Waals surface area contributed by atoms with E-state index in [2.05, 4.69) is 9.84 Å². The lowest BCUT2D eigenvalue weighted by Gasteiger charge is -2.44. The zero-order valence-electron chi connectivity index (χ0n) is 18.3. The topological polar surface area (TPSA) is 65.8 Å². The summed E-state index contributed by atoms with van der Waals surface area (Å²) >= 11 is 0. The smallest absolute Gasteiger partial charge is 0.387 e. The van der Waals surface area contributed by atoms with Gasteiger partial charge in [-0.25, -0.2) is 0 Å². The number of nitrogens with zero attached hydrogens (tertiary/aromatic N) is 3. The molecule has 0 N–H and O–H groups in total. The molecule has 3 aromatic rings. The molecular weight excluding hydrogens is 432 g/mol. The second-order valence-electron chi connectivity index (χ2n) is 8.16. The molecule has 0 unspecified atom stereocenters. The van der Waals surface area contributed by atoms with Crippen LogP contribution in [0.25, 0.3) is 11.3 Å². The normalized spacial score (nSPS) is 16.2. The lowest BCUT2D eigenvalue weighted by atomic mass is 9.81. The fourth-order valence-corrected chi connectivity index (χ4v) is 4.73. The van der Waals surface area contributed by atoms with Crippen molar-refractivity contribution in [2.45, 2.75) is 25.1 Å². The van der Waals surface area contributed by atoms with Gasteiger partial charge in [0.1, 0.15) is 11.4 Å². The predicted molar refractivity (Wildman–Crippen MR) is 116 cm³/mol. The second-order valence-corrected chi connectivity index (χ2v) is 8.16. The van der Waals surface area contributed by atoms with E-state index in [1.807, 2.05) is 42.2 Å². The quantitative estimate of drug-likeness (QED) is 0.589. The summed E-state index contributed by atoms with van der Waals surface area (Å²) in [6.07, 6.45) is 3.07. The third-order valence-electron chi connectivity index (χ3n) is 6.36. The Balaban J connectivity index is 1.37. The zero-order chi connectivity index (χ0) is 23.2. The summed E-state index contributed by atoms with van der Waals surface area (Å²) in [4.78, 5) is 14.9. The molecule has 2 aliphatic heterocycles. The first-order valence-corrected chi connectivity index (χ1v) is 10.6. The van der Waals surface area contributed by atoms with E-state index in [1.54, 1.807) is 4.90 Å². The van der Waals surface area contributed by atoms with Gasteiger partial charge in [0.15, 0.2) is 11.5 Å². The third kappa shape index (κ3) is 3.57. The summed E-state index contributed by atoms with van der Waals surface area (Å²) in [5.41, 5.74) is 2.87. The number of aromatic nitrogens is 2. The van der Waals surface area contributed by atoms with Crippen molar-refractivity contribution in [1.82, 2.24) is 14.7 Å². The van der Waals surface area contributed by atoms with Crippen molar-refractivity contribution < 1.29 is 27.8 Å². The number of piperidine rings is 1. The van der Waals surface area contributed by atoms with Gasteiger partial charge in [0.25, 0.3) is 5.91 Å². The molecule has 9 heteroatoms. The van der Waals surface area contributed by atoms with Crippen LogP contribution < -0.4 is 14.2 Å². The lowest BCUT2D eigenvalue weighted by molar-refractivity contribution is -0.0512. The Labute approximate surface area is 189 Å². The summed E-state index contributed by atoms with van der Waals surface area (Å²) in [6.45, 7) is -2.02. The van der Waals surface area contributed by atoms with Gasteiger partial charge in [-0.15, -0.1) is 0 Å². The first kappa shape index (κ1) is 21.2. The van der Waals surface area contributed by atoms with E-state index >= 15 is 0 Å². The molecule has 0 bridgehead atoms. The molecule has 0 aliphatic carbocycles. The van der Waals surface area contributed by atoms with Crippen LogP contribution in [0.15, 0.2) is 48.7 Å². The summed E-state index contributed by atoms with van der Waals surface area (Å²) in [5, 5.41) is 4.47. The number of benzene rings is 2. The Hall–Kier alpha value is -3.62. The lowest BCUT2D eigenvalue weighted by Crippen LogP contribution is -2.49. The van der Waals surface area contributed by atoms with E-state index in [0.717, 1.165) is 22.6 Å². The number of carbonyl (C=O) groups excluding carboxylic acids is 1. The van der Waals surface area contributed by atoms with Gasteiger partial charge in [0.05, 0.1) is 19.0 Å². The van der Waals surface area contributed by atoms with Gasteiger partial charge in [-0.2, -0.15) is 13.9 Å². The summed E-state index contributed by atoms with van der Waals surface area (Å²) < 4.78 is 43.1. The van der Waals surface area contributed by atoms with Gasteiger partial charge in [-0.1, -0.05) is 12.1 Å². The van der Waals surface area contributed by atoms with E-state index in [1.165, 1.54) is 25.3 Å². The minimum Gasteiger partial charge on any atom is -0.493 e. The van der Waals surface area contributed by atoms with Crippen molar-refractivity contribution in [2.24, 2.45) is 7.05 Å². The number of fused-ring (bicyclic) bond motifs is 4. The van der Waals surface area contributed by atoms with Crippen molar-refractivity contribution in [3.8, 4) is 28.5 Å². The van der Waals surface area contributed by atoms with Crippen LogP contribution in [0, 0.1) is 0 Å². The van der Waals surface area contributed by atoms with Crippen molar-refractivity contribution in [1.29, 1.82) is 0 Å². The van der Waals surface area contributed by atoms with Crippen molar-refractivity contribution >= 4 is 5.91 Å². The largest absolute Gasteiger partial charge is 0.493 e. The van der Waals surface area contributed by atoms with E-state index in [0.29, 0.717) is 31.5 Å². The van der Waals surface area contributed by atoms with Gasteiger partial charge in [-0.05, 0) is 30.3 Å². The molecule has 2 aliphatic rings. The molecule has 1 spiro atoms. The number of rotatable bonds is 4. The number of halogens is 2. The predicted octanol–water partition coefficient (Wildman–Crippen LogP) is 4.22. The molecule has 3 heterocycles.